The van der Waals surface area contributed by atoms with E-state index >= 15 is 0 Å². The number of rotatable bonds is 4. The molecule has 7 heteroatoms. The van der Waals surface area contributed by atoms with Crippen LogP contribution in [0.3, 0.4) is 0 Å². The SMILES string of the molecule is COc1ccc(C2c3cccn3-c3c(c(C)nn3-c3ccccc3)CN2C(=O)Nc2cc(C)cc(C)c2)cc1. The Morgan fingerprint density at radius 3 is 2.33 bits per heavy atom. The zero-order chi connectivity index (χ0) is 27.1. The molecule has 0 saturated carbocycles. The number of para-hydroxylation sites is 1. The number of carbonyl (C=O) groups is 1. The molecule has 2 amide bonds. The number of amides is 2. The second kappa shape index (κ2) is 9.83. The Labute approximate surface area is 228 Å². The zero-order valence-corrected chi connectivity index (χ0v) is 22.6. The molecule has 7 nitrogen and oxygen atoms in total. The molecule has 5 aromatic rings. The van der Waals surface area contributed by atoms with E-state index in [1.54, 1.807) is 7.11 Å². The molecule has 6 rings (SSSR count). The summed E-state index contributed by atoms with van der Waals surface area (Å²) in [6.07, 6.45) is 2.05. The molecule has 1 atom stereocenters. The van der Waals surface area contributed by atoms with Crippen LogP contribution in [0.2, 0.25) is 0 Å². The number of urea groups is 1. The van der Waals surface area contributed by atoms with E-state index in [0.29, 0.717) is 6.54 Å². The number of benzene rings is 3. The van der Waals surface area contributed by atoms with E-state index in [4.69, 9.17) is 9.84 Å². The smallest absolute Gasteiger partial charge is 0.322 e. The molecule has 39 heavy (non-hydrogen) atoms. The normalized spacial score (nSPS) is 14.4. The van der Waals surface area contributed by atoms with Crippen LogP contribution in [-0.2, 0) is 6.54 Å². The highest BCUT2D eigenvalue weighted by Crippen LogP contribution is 2.39. The largest absolute Gasteiger partial charge is 0.497 e. The molecule has 0 fully saturated rings. The first-order valence-corrected chi connectivity index (χ1v) is 13.0. The third-order valence-electron chi connectivity index (χ3n) is 7.25. The summed E-state index contributed by atoms with van der Waals surface area (Å²) in [6.45, 7) is 6.47. The Balaban J connectivity index is 1.52. The molecule has 2 aromatic heterocycles. The summed E-state index contributed by atoms with van der Waals surface area (Å²) < 4.78 is 9.57. The Kier molecular flexibility index (Phi) is 6.19. The summed E-state index contributed by atoms with van der Waals surface area (Å²) in [5, 5.41) is 8.11. The number of ether oxygens (including phenoxy) is 1. The number of nitrogens with zero attached hydrogens (tertiary/aromatic N) is 4. The predicted octanol–water partition coefficient (Wildman–Crippen LogP) is 6.73. The van der Waals surface area contributed by atoms with Crippen LogP contribution in [0, 0.1) is 20.8 Å². The number of carbonyl (C=O) groups excluding carboxylic acids is 1. The van der Waals surface area contributed by atoms with Gasteiger partial charge in [-0.25, -0.2) is 9.48 Å². The van der Waals surface area contributed by atoms with E-state index in [1.165, 1.54) is 0 Å². The fraction of sp³-hybridized carbons (Fsp3) is 0.188. The van der Waals surface area contributed by atoms with Gasteiger partial charge in [-0.2, -0.15) is 5.10 Å². The molecule has 0 bridgehead atoms. The molecule has 3 heterocycles. The number of aryl methyl sites for hydroxylation is 3. The highest BCUT2D eigenvalue weighted by Gasteiger charge is 2.36. The number of methoxy groups -OCH3 is 1. The monoisotopic (exact) mass is 517 g/mol. The summed E-state index contributed by atoms with van der Waals surface area (Å²) in [6, 6.07) is 27.8. The van der Waals surface area contributed by atoms with E-state index in [9.17, 15) is 4.79 Å². The number of hydrogen-bond acceptors (Lipinski definition) is 3. The standard InChI is InChI=1S/C32H31N5O2/c1-21-17-22(2)19-25(18-21)33-32(38)36-20-28-23(3)34-37(26-9-6-5-7-10-26)31(28)35-16-8-11-29(35)30(36)24-12-14-27(39-4)15-13-24/h5-19,30H,20H2,1-4H3,(H,33,38). The van der Waals surface area contributed by atoms with Gasteiger partial charge in [0.15, 0.2) is 0 Å². The maximum Gasteiger partial charge on any atom is 0.322 e. The lowest BCUT2D eigenvalue weighted by Crippen LogP contribution is -2.38. The van der Waals surface area contributed by atoms with Crippen LogP contribution in [0.4, 0.5) is 10.5 Å². The van der Waals surface area contributed by atoms with Gasteiger partial charge in [-0.3, -0.25) is 0 Å². The molecule has 0 aliphatic carbocycles. The molecular formula is C32H31N5O2. The molecule has 1 N–H and O–H groups in total. The van der Waals surface area contributed by atoms with Gasteiger partial charge < -0.3 is 19.5 Å². The van der Waals surface area contributed by atoms with Crippen LogP contribution in [0.25, 0.3) is 11.5 Å². The van der Waals surface area contributed by atoms with Crippen LogP contribution in [0.1, 0.15) is 39.7 Å². The van der Waals surface area contributed by atoms with Gasteiger partial charge in [0.2, 0.25) is 0 Å². The Morgan fingerprint density at radius 1 is 0.923 bits per heavy atom. The maximum absolute atomic E-state index is 14.1. The second-order valence-corrected chi connectivity index (χ2v) is 10.0. The fourth-order valence-electron chi connectivity index (χ4n) is 5.53. The van der Waals surface area contributed by atoms with Crippen molar-refractivity contribution in [1.29, 1.82) is 0 Å². The van der Waals surface area contributed by atoms with Crippen LogP contribution < -0.4 is 10.1 Å². The topological polar surface area (TPSA) is 64.3 Å². The van der Waals surface area contributed by atoms with Gasteiger partial charge >= 0.3 is 6.03 Å². The molecule has 0 spiro atoms. The highest BCUT2D eigenvalue weighted by molar-refractivity contribution is 5.90. The highest BCUT2D eigenvalue weighted by atomic mass is 16.5. The van der Waals surface area contributed by atoms with E-state index in [0.717, 1.165) is 56.6 Å². The zero-order valence-electron chi connectivity index (χ0n) is 22.6. The third-order valence-corrected chi connectivity index (χ3v) is 7.25. The maximum atomic E-state index is 14.1. The average molecular weight is 518 g/mol. The lowest BCUT2D eigenvalue weighted by atomic mass is 10.0. The van der Waals surface area contributed by atoms with Crippen molar-refractivity contribution in [2.75, 3.05) is 12.4 Å². The Bertz CT molecular complexity index is 1630. The number of aromatic nitrogens is 3. The van der Waals surface area contributed by atoms with Gasteiger partial charge in [-0.1, -0.05) is 36.4 Å². The first-order valence-electron chi connectivity index (χ1n) is 13.0. The lowest BCUT2D eigenvalue weighted by Gasteiger charge is -2.31. The van der Waals surface area contributed by atoms with Crippen LogP contribution >= 0.6 is 0 Å². The lowest BCUT2D eigenvalue weighted by molar-refractivity contribution is 0.194. The Morgan fingerprint density at radius 2 is 1.64 bits per heavy atom. The van der Waals surface area contributed by atoms with Gasteiger partial charge in [0.05, 0.1) is 36.8 Å². The van der Waals surface area contributed by atoms with Gasteiger partial charge in [0.25, 0.3) is 0 Å². The fourth-order valence-corrected chi connectivity index (χ4v) is 5.53. The summed E-state index contributed by atoms with van der Waals surface area (Å²) in [5.74, 6) is 1.71. The van der Waals surface area contributed by atoms with Crippen molar-refractivity contribution >= 4 is 11.7 Å². The van der Waals surface area contributed by atoms with E-state index in [1.807, 2.05) is 103 Å². The van der Waals surface area contributed by atoms with Crippen molar-refractivity contribution in [1.82, 2.24) is 19.2 Å². The minimum absolute atomic E-state index is 0.173. The Hall–Kier alpha value is -4.78. The van der Waals surface area contributed by atoms with Crippen molar-refractivity contribution in [3.8, 4) is 17.3 Å². The summed E-state index contributed by atoms with van der Waals surface area (Å²) in [5.41, 5.74) is 7.81. The van der Waals surface area contributed by atoms with Gasteiger partial charge in [0, 0.05) is 17.4 Å². The molecule has 3 aromatic carbocycles. The first-order chi connectivity index (χ1) is 18.9. The average Bonchev–Trinajstić information content (AvgIpc) is 3.49. The molecule has 1 unspecified atom stereocenters. The number of nitrogens with one attached hydrogen (secondary N) is 1. The number of hydrogen-bond donors (Lipinski definition) is 1. The molecule has 0 radical (unpaired) electrons. The van der Waals surface area contributed by atoms with Crippen LogP contribution in [0.5, 0.6) is 5.75 Å². The first kappa shape index (κ1) is 24.6. The van der Waals surface area contributed by atoms with Crippen molar-refractivity contribution in [3.63, 3.8) is 0 Å². The molecule has 1 aliphatic heterocycles. The number of fused-ring (bicyclic) bond motifs is 3. The quantitative estimate of drug-likeness (QED) is 0.287. The second-order valence-electron chi connectivity index (χ2n) is 10.0. The molecule has 0 saturated heterocycles. The van der Waals surface area contributed by atoms with Crippen LogP contribution in [-0.4, -0.2) is 32.4 Å². The van der Waals surface area contributed by atoms with Crippen molar-refractivity contribution in [3.05, 3.63) is 125 Å². The van der Waals surface area contributed by atoms with Gasteiger partial charge in [-0.05, 0) is 86.0 Å². The summed E-state index contributed by atoms with van der Waals surface area (Å²) >= 11 is 0. The van der Waals surface area contributed by atoms with Gasteiger partial charge in [-0.15, -0.1) is 0 Å². The minimum Gasteiger partial charge on any atom is -0.497 e. The predicted molar refractivity (Wildman–Crippen MR) is 153 cm³/mol. The third kappa shape index (κ3) is 4.46. The molecular weight excluding hydrogens is 486 g/mol. The number of anilines is 1. The summed E-state index contributed by atoms with van der Waals surface area (Å²) in [7, 11) is 1.66. The summed E-state index contributed by atoms with van der Waals surface area (Å²) in [4.78, 5) is 16.0. The molecule has 1 aliphatic rings. The van der Waals surface area contributed by atoms with Crippen molar-refractivity contribution in [2.24, 2.45) is 0 Å². The van der Waals surface area contributed by atoms with Gasteiger partial charge in [0.1, 0.15) is 11.6 Å². The van der Waals surface area contributed by atoms with Crippen LogP contribution in [0.15, 0.2) is 91.1 Å². The van der Waals surface area contributed by atoms with Crippen molar-refractivity contribution < 1.29 is 9.53 Å². The molecule has 196 valence electrons. The van der Waals surface area contributed by atoms with E-state index < -0.39 is 0 Å². The van der Waals surface area contributed by atoms with Crippen molar-refractivity contribution in [2.45, 2.75) is 33.4 Å². The van der Waals surface area contributed by atoms with E-state index in [-0.39, 0.29) is 12.1 Å². The minimum atomic E-state index is -0.340. The van der Waals surface area contributed by atoms with E-state index in [2.05, 4.69) is 28.2 Å².